The summed E-state index contributed by atoms with van der Waals surface area (Å²) in [6.45, 7) is 3.49. The lowest BCUT2D eigenvalue weighted by Crippen LogP contribution is -2.35. The average Bonchev–Trinajstić information content (AvgIpc) is 3.38. The van der Waals surface area contributed by atoms with Crippen molar-refractivity contribution in [3.05, 3.63) is 60.6 Å². The molecular weight excluding hydrogens is 510 g/mol. The second-order valence-corrected chi connectivity index (χ2v) is 9.21. The van der Waals surface area contributed by atoms with Crippen LogP contribution >= 0.6 is 0 Å². The van der Waals surface area contributed by atoms with E-state index in [0.717, 1.165) is 0 Å². The standard InChI is InChI=1S/C25H27N7O7/c1-25(2)38-17-15(11-36-21-14(23(33)34)9-6-10-27-21)37-22(18(17)39-25)31-19-16(26)20(29-12-28-19)32-24(35)30-13-7-4-3-5-8-13/h3-10,12,15,17-18,22H,11,26H2,1-2H3,(H,33,34)(H3,28,29,30,31,32,35). The van der Waals surface area contributed by atoms with Crippen molar-refractivity contribution in [1.29, 1.82) is 0 Å². The van der Waals surface area contributed by atoms with Gasteiger partial charge in [-0.15, -0.1) is 0 Å². The van der Waals surface area contributed by atoms with Gasteiger partial charge in [0.15, 0.2) is 23.7 Å². The van der Waals surface area contributed by atoms with Crippen LogP contribution in [-0.2, 0) is 14.2 Å². The lowest BCUT2D eigenvalue weighted by Gasteiger charge is -2.25. The predicted octanol–water partition coefficient (Wildman–Crippen LogP) is 2.53. The molecule has 3 aromatic rings. The number of aromatic carboxylic acids is 1. The second kappa shape index (κ2) is 10.7. The van der Waals surface area contributed by atoms with Gasteiger partial charge in [-0.3, -0.25) is 5.32 Å². The van der Waals surface area contributed by atoms with Gasteiger partial charge in [0.2, 0.25) is 5.88 Å². The zero-order valence-electron chi connectivity index (χ0n) is 21.0. The Labute approximate surface area is 222 Å². The fourth-order valence-electron chi connectivity index (χ4n) is 4.30. The van der Waals surface area contributed by atoms with Crippen LogP contribution in [0, 0.1) is 0 Å². The largest absolute Gasteiger partial charge is 0.477 e. The molecule has 0 radical (unpaired) electrons. The molecule has 2 amide bonds. The summed E-state index contributed by atoms with van der Waals surface area (Å²) in [4.78, 5) is 36.2. The Morgan fingerprint density at radius 3 is 2.54 bits per heavy atom. The number of benzene rings is 1. The molecule has 2 aliphatic rings. The summed E-state index contributed by atoms with van der Waals surface area (Å²) in [6.07, 6.45) is 0.141. The summed E-state index contributed by atoms with van der Waals surface area (Å²) >= 11 is 0. The van der Waals surface area contributed by atoms with Crippen molar-refractivity contribution in [3.63, 3.8) is 0 Å². The van der Waals surface area contributed by atoms with Gasteiger partial charge in [0.05, 0.1) is 0 Å². The van der Waals surface area contributed by atoms with E-state index in [1.807, 2.05) is 6.07 Å². The number of nitrogens with two attached hydrogens (primary N) is 1. The van der Waals surface area contributed by atoms with Crippen molar-refractivity contribution in [1.82, 2.24) is 15.0 Å². The van der Waals surface area contributed by atoms with Gasteiger partial charge >= 0.3 is 12.0 Å². The van der Waals surface area contributed by atoms with E-state index in [2.05, 4.69) is 30.9 Å². The molecule has 0 saturated carbocycles. The fourth-order valence-corrected chi connectivity index (χ4v) is 4.30. The highest BCUT2D eigenvalue weighted by Crippen LogP contribution is 2.39. The first-order valence-electron chi connectivity index (χ1n) is 12.0. The number of amides is 2. The summed E-state index contributed by atoms with van der Waals surface area (Å²) in [7, 11) is 0. The molecule has 0 aliphatic carbocycles. The van der Waals surface area contributed by atoms with E-state index in [0.29, 0.717) is 5.69 Å². The number of anilines is 4. The van der Waals surface area contributed by atoms with Crippen molar-refractivity contribution < 1.29 is 33.6 Å². The molecule has 4 atom stereocenters. The third kappa shape index (κ3) is 5.82. The lowest BCUT2D eigenvalue weighted by atomic mass is 10.1. The van der Waals surface area contributed by atoms with Crippen molar-refractivity contribution in [2.75, 3.05) is 28.3 Å². The van der Waals surface area contributed by atoms with Crippen molar-refractivity contribution in [3.8, 4) is 5.88 Å². The van der Waals surface area contributed by atoms with Crippen LogP contribution in [0.5, 0.6) is 5.88 Å². The van der Waals surface area contributed by atoms with Gasteiger partial charge in [0.1, 0.15) is 42.5 Å². The highest BCUT2D eigenvalue weighted by atomic mass is 16.8. The van der Waals surface area contributed by atoms with E-state index in [4.69, 9.17) is 24.7 Å². The number of hydrogen-bond acceptors (Lipinski definition) is 11. The van der Waals surface area contributed by atoms with Crippen LogP contribution in [0.1, 0.15) is 24.2 Å². The van der Waals surface area contributed by atoms with Gasteiger partial charge in [0.25, 0.3) is 0 Å². The number of carboxylic acid groups (broad SMARTS) is 1. The number of para-hydroxylation sites is 1. The van der Waals surface area contributed by atoms with Gasteiger partial charge in [-0.1, -0.05) is 18.2 Å². The van der Waals surface area contributed by atoms with Gasteiger partial charge < -0.3 is 40.4 Å². The van der Waals surface area contributed by atoms with Gasteiger partial charge in [-0.25, -0.2) is 24.5 Å². The maximum atomic E-state index is 12.4. The first kappa shape index (κ1) is 26.1. The van der Waals surface area contributed by atoms with Crippen molar-refractivity contribution in [2.45, 2.75) is 44.2 Å². The number of aromatic nitrogens is 3. The minimum absolute atomic E-state index is 0.0377. The summed E-state index contributed by atoms with van der Waals surface area (Å²) in [5, 5.41) is 17.8. The van der Waals surface area contributed by atoms with Crippen LogP contribution in [0.4, 0.5) is 27.8 Å². The number of pyridine rings is 1. The topological polar surface area (TPSA) is 192 Å². The number of fused-ring (bicyclic) bond motifs is 1. The zero-order valence-corrected chi connectivity index (χ0v) is 21.0. The van der Waals surface area contributed by atoms with Crippen LogP contribution in [0.2, 0.25) is 0 Å². The maximum Gasteiger partial charge on any atom is 0.341 e. The molecule has 0 spiro atoms. The quantitative estimate of drug-likeness (QED) is 0.282. The number of ether oxygens (including phenoxy) is 4. The second-order valence-electron chi connectivity index (χ2n) is 9.21. The zero-order chi connectivity index (χ0) is 27.6. The van der Waals surface area contributed by atoms with Gasteiger partial charge in [0, 0.05) is 11.9 Å². The molecule has 14 nitrogen and oxygen atoms in total. The molecule has 6 N–H and O–H groups in total. The Hall–Kier alpha value is -4.53. The van der Waals surface area contributed by atoms with Crippen LogP contribution in [0.25, 0.3) is 0 Å². The fraction of sp³-hybridized carbons (Fsp3) is 0.320. The summed E-state index contributed by atoms with van der Waals surface area (Å²) in [5.74, 6) is -1.81. The number of carbonyl (C=O) groups is 2. The molecule has 4 heterocycles. The van der Waals surface area contributed by atoms with Crippen molar-refractivity contribution >= 4 is 35.0 Å². The number of rotatable bonds is 8. The molecule has 1 aromatic carbocycles. The van der Waals surface area contributed by atoms with Gasteiger partial charge in [-0.2, -0.15) is 0 Å². The number of nitrogen functional groups attached to an aromatic ring is 1. The summed E-state index contributed by atoms with van der Waals surface area (Å²) in [6, 6.07) is 11.3. The highest BCUT2D eigenvalue weighted by molar-refractivity contribution is 6.01. The normalized spacial score (nSPS) is 23.0. The van der Waals surface area contributed by atoms with E-state index in [9.17, 15) is 14.7 Å². The molecule has 5 rings (SSSR count). The summed E-state index contributed by atoms with van der Waals surface area (Å²) in [5.41, 5.74) is 6.87. The lowest BCUT2D eigenvalue weighted by molar-refractivity contribution is -0.186. The molecule has 204 valence electrons. The third-order valence-electron chi connectivity index (χ3n) is 5.96. The van der Waals surface area contributed by atoms with E-state index in [1.54, 1.807) is 38.1 Å². The number of hydrogen-bond donors (Lipinski definition) is 5. The Morgan fingerprint density at radius 1 is 1.03 bits per heavy atom. The molecule has 2 saturated heterocycles. The minimum atomic E-state index is -1.16. The van der Waals surface area contributed by atoms with E-state index in [1.165, 1.54) is 24.7 Å². The Morgan fingerprint density at radius 2 is 1.77 bits per heavy atom. The third-order valence-corrected chi connectivity index (χ3v) is 5.96. The maximum absolute atomic E-state index is 12.4. The first-order chi connectivity index (χ1) is 18.7. The molecule has 2 aromatic heterocycles. The Bertz CT molecular complexity index is 1360. The number of carbonyl (C=O) groups excluding carboxylic acids is 1. The Kier molecular flexibility index (Phi) is 7.15. The molecule has 14 heteroatoms. The Balaban J connectivity index is 1.29. The van der Waals surface area contributed by atoms with Crippen LogP contribution in [0.3, 0.4) is 0 Å². The smallest absolute Gasteiger partial charge is 0.341 e. The molecular formula is C25H27N7O7. The molecule has 2 aliphatic heterocycles. The molecule has 0 bridgehead atoms. The van der Waals surface area contributed by atoms with Crippen molar-refractivity contribution in [2.24, 2.45) is 0 Å². The number of nitrogens with one attached hydrogen (secondary N) is 3. The first-order valence-corrected chi connectivity index (χ1v) is 12.0. The van der Waals surface area contributed by atoms with E-state index >= 15 is 0 Å². The SMILES string of the molecule is CC1(C)OC2C(COc3ncccc3C(=O)O)OC(Nc3ncnc(NC(=O)Nc4ccccc4)c3N)C2O1. The number of nitrogens with zero attached hydrogens (tertiary/aromatic N) is 3. The van der Waals surface area contributed by atoms with Crippen LogP contribution in [-0.4, -0.2) is 69.0 Å². The van der Waals surface area contributed by atoms with Crippen LogP contribution < -0.4 is 26.4 Å². The molecule has 2 fully saturated rings. The number of carboxylic acids is 1. The molecule has 39 heavy (non-hydrogen) atoms. The van der Waals surface area contributed by atoms with E-state index in [-0.39, 0.29) is 35.4 Å². The summed E-state index contributed by atoms with van der Waals surface area (Å²) < 4.78 is 23.9. The monoisotopic (exact) mass is 537 g/mol. The molecule has 4 unspecified atom stereocenters. The minimum Gasteiger partial charge on any atom is -0.477 e. The van der Waals surface area contributed by atoms with Gasteiger partial charge in [-0.05, 0) is 38.1 Å². The average molecular weight is 538 g/mol. The van der Waals surface area contributed by atoms with E-state index < -0.39 is 42.3 Å². The number of urea groups is 1. The predicted molar refractivity (Wildman–Crippen MR) is 138 cm³/mol. The highest BCUT2D eigenvalue weighted by Gasteiger charge is 2.55. The van der Waals surface area contributed by atoms with Crippen LogP contribution in [0.15, 0.2) is 55.0 Å².